The van der Waals surface area contributed by atoms with E-state index in [0.29, 0.717) is 17.3 Å². The summed E-state index contributed by atoms with van der Waals surface area (Å²) in [4.78, 5) is 11.3. The lowest BCUT2D eigenvalue weighted by molar-refractivity contribution is 0.0688. The smallest absolute Gasteiger partial charge is 0.358 e. The zero-order valence-electron chi connectivity index (χ0n) is 12.1. The third kappa shape index (κ3) is 3.24. The summed E-state index contributed by atoms with van der Waals surface area (Å²) in [6.07, 6.45) is 1.68. The first kappa shape index (κ1) is 15.5. The van der Waals surface area contributed by atoms with E-state index in [1.54, 1.807) is 4.68 Å². The number of halogens is 1. The maximum absolute atomic E-state index is 11.3. The molecule has 0 aliphatic carbocycles. The lowest BCUT2D eigenvalue weighted by Gasteiger charge is -2.15. The highest BCUT2D eigenvalue weighted by Gasteiger charge is 2.24. The van der Waals surface area contributed by atoms with Gasteiger partial charge in [0.15, 0.2) is 5.69 Å². The number of nitrogens with zero attached hydrogens (tertiary/aromatic N) is 3. The molecule has 2 rings (SSSR count). The summed E-state index contributed by atoms with van der Waals surface area (Å²) in [6, 6.07) is 7.47. The largest absolute Gasteiger partial charge is 0.476 e. The minimum Gasteiger partial charge on any atom is -0.476 e. The topological polar surface area (TPSA) is 68.0 Å². The van der Waals surface area contributed by atoms with Crippen LogP contribution in [0.15, 0.2) is 24.3 Å². The molecule has 1 aromatic heterocycles. The quantitative estimate of drug-likeness (QED) is 0.885. The van der Waals surface area contributed by atoms with Crippen LogP contribution in [-0.4, -0.2) is 26.1 Å². The third-order valence-corrected chi connectivity index (χ3v) is 3.99. The highest BCUT2D eigenvalue weighted by atomic mass is 35.5. The number of hydrogen-bond donors (Lipinski definition) is 1. The fourth-order valence-corrected chi connectivity index (χ4v) is 2.65. The highest BCUT2D eigenvalue weighted by molar-refractivity contribution is 6.31. The van der Waals surface area contributed by atoms with Crippen LogP contribution in [0.3, 0.4) is 0 Å². The number of carbonyl (C=O) groups is 1. The number of aromatic nitrogens is 3. The Bertz CT molecular complexity index is 636. The maximum Gasteiger partial charge on any atom is 0.358 e. The zero-order valence-corrected chi connectivity index (χ0v) is 12.8. The van der Waals surface area contributed by atoms with E-state index in [4.69, 9.17) is 11.6 Å². The van der Waals surface area contributed by atoms with Gasteiger partial charge < -0.3 is 5.11 Å². The van der Waals surface area contributed by atoms with Crippen LogP contribution in [-0.2, 0) is 6.54 Å². The number of hydrogen-bond acceptors (Lipinski definition) is 3. The molecule has 0 aliphatic rings. The van der Waals surface area contributed by atoms with E-state index in [0.717, 1.165) is 18.4 Å². The molecule has 0 spiro atoms. The summed E-state index contributed by atoms with van der Waals surface area (Å²) in [5.41, 5.74) is 1.61. The zero-order chi connectivity index (χ0) is 15.4. The normalized spacial score (nSPS) is 11.0. The van der Waals surface area contributed by atoms with Gasteiger partial charge in [0, 0.05) is 10.9 Å². The first-order chi connectivity index (χ1) is 10.1. The Kier molecular flexibility index (Phi) is 4.96. The predicted octanol–water partition coefficient (Wildman–Crippen LogP) is 3.58. The van der Waals surface area contributed by atoms with Gasteiger partial charge in [0.25, 0.3) is 0 Å². The Balaban J connectivity index is 2.44. The summed E-state index contributed by atoms with van der Waals surface area (Å²) < 4.78 is 1.66. The first-order valence-electron chi connectivity index (χ1n) is 6.98. The monoisotopic (exact) mass is 307 g/mol. The van der Waals surface area contributed by atoms with Crippen molar-refractivity contribution in [2.75, 3.05) is 0 Å². The molecule has 0 unspecified atom stereocenters. The van der Waals surface area contributed by atoms with Crippen molar-refractivity contribution in [2.24, 2.45) is 0 Å². The molecule has 112 valence electrons. The van der Waals surface area contributed by atoms with Crippen LogP contribution in [0.25, 0.3) is 0 Å². The Morgan fingerprint density at radius 1 is 1.33 bits per heavy atom. The predicted molar refractivity (Wildman–Crippen MR) is 80.9 cm³/mol. The number of rotatable bonds is 6. The van der Waals surface area contributed by atoms with Gasteiger partial charge in [-0.05, 0) is 24.5 Å². The Morgan fingerprint density at radius 2 is 2.00 bits per heavy atom. The van der Waals surface area contributed by atoms with E-state index in [1.807, 2.05) is 38.1 Å². The summed E-state index contributed by atoms with van der Waals surface area (Å²) in [5, 5.41) is 17.8. The lowest BCUT2D eigenvalue weighted by Crippen LogP contribution is -2.13. The van der Waals surface area contributed by atoms with E-state index >= 15 is 0 Å². The van der Waals surface area contributed by atoms with E-state index in [1.165, 1.54) is 0 Å². The van der Waals surface area contributed by atoms with Gasteiger partial charge in [0.05, 0.1) is 12.2 Å². The van der Waals surface area contributed by atoms with Crippen molar-refractivity contribution in [2.45, 2.75) is 39.2 Å². The molecule has 1 heterocycles. The van der Waals surface area contributed by atoms with Crippen LogP contribution in [0.4, 0.5) is 0 Å². The Morgan fingerprint density at radius 3 is 2.57 bits per heavy atom. The molecule has 6 heteroatoms. The van der Waals surface area contributed by atoms with E-state index in [2.05, 4.69) is 10.3 Å². The molecule has 0 amide bonds. The standard InChI is InChI=1S/C15H18ClN3O2/c1-3-10(4-2)14-13(15(20)21)17-18-19(14)9-11-7-5-6-8-12(11)16/h5-8,10H,3-4,9H2,1-2H3,(H,20,21). The van der Waals surface area contributed by atoms with Crippen LogP contribution < -0.4 is 0 Å². The van der Waals surface area contributed by atoms with Crippen molar-refractivity contribution >= 4 is 17.6 Å². The van der Waals surface area contributed by atoms with Gasteiger partial charge in [-0.25, -0.2) is 9.48 Å². The molecule has 0 atom stereocenters. The van der Waals surface area contributed by atoms with E-state index in [-0.39, 0.29) is 11.6 Å². The second-order valence-corrected chi connectivity index (χ2v) is 5.30. The molecule has 1 aromatic carbocycles. The van der Waals surface area contributed by atoms with Crippen LogP contribution in [0, 0.1) is 0 Å². The summed E-state index contributed by atoms with van der Waals surface area (Å²) in [7, 11) is 0. The second-order valence-electron chi connectivity index (χ2n) is 4.89. The summed E-state index contributed by atoms with van der Waals surface area (Å²) in [5.74, 6) is -0.920. The average molecular weight is 308 g/mol. The molecular formula is C15H18ClN3O2. The Hall–Kier alpha value is -1.88. The second kappa shape index (κ2) is 6.72. The molecule has 0 saturated carbocycles. The number of carboxylic acid groups (broad SMARTS) is 1. The molecule has 1 N–H and O–H groups in total. The van der Waals surface area contributed by atoms with Crippen molar-refractivity contribution in [1.82, 2.24) is 15.0 Å². The number of benzene rings is 1. The van der Waals surface area contributed by atoms with Gasteiger partial charge in [-0.1, -0.05) is 48.9 Å². The lowest BCUT2D eigenvalue weighted by atomic mass is 9.97. The van der Waals surface area contributed by atoms with E-state index < -0.39 is 5.97 Å². The van der Waals surface area contributed by atoms with Crippen LogP contribution >= 0.6 is 11.6 Å². The number of aromatic carboxylic acids is 1. The minimum atomic E-state index is -1.04. The molecule has 2 aromatic rings. The maximum atomic E-state index is 11.3. The summed E-state index contributed by atoms with van der Waals surface area (Å²) in [6.45, 7) is 4.49. The fraction of sp³-hybridized carbons (Fsp3) is 0.400. The van der Waals surface area contributed by atoms with Crippen molar-refractivity contribution in [3.05, 3.63) is 46.2 Å². The molecule has 0 saturated heterocycles. The fourth-order valence-electron chi connectivity index (χ4n) is 2.46. The highest BCUT2D eigenvalue weighted by Crippen LogP contribution is 2.26. The van der Waals surface area contributed by atoms with Crippen LogP contribution in [0.2, 0.25) is 5.02 Å². The molecule has 0 aliphatic heterocycles. The van der Waals surface area contributed by atoms with Crippen molar-refractivity contribution in [3.63, 3.8) is 0 Å². The number of carboxylic acids is 1. The molecule has 0 fully saturated rings. The molecular weight excluding hydrogens is 290 g/mol. The van der Waals surface area contributed by atoms with Gasteiger partial charge in [-0.2, -0.15) is 0 Å². The van der Waals surface area contributed by atoms with Gasteiger partial charge in [-0.3, -0.25) is 0 Å². The SMILES string of the molecule is CCC(CC)c1c(C(=O)O)nnn1Cc1ccccc1Cl. The van der Waals surface area contributed by atoms with E-state index in [9.17, 15) is 9.90 Å². The van der Waals surface area contributed by atoms with Gasteiger partial charge in [0.1, 0.15) is 0 Å². The minimum absolute atomic E-state index is 0.0377. The summed E-state index contributed by atoms with van der Waals surface area (Å²) >= 11 is 6.17. The van der Waals surface area contributed by atoms with Crippen molar-refractivity contribution < 1.29 is 9.90 Å². The molecule has 5 nitrogen and oxygen atoms in total. The molecule has 21 heavy (non-hydrogen) atoms. The van der Waals surface area contributed by atoms with Gasteiger partial charge in [-0.15, -0.1) is 5.10 Å². The molecule has 0 radical (unpaired) electrons. The van der Waals surface area contributed by atoms with Crippen molar-refractivity contribution in [3.8, 4) is 0 Å². The van der Waals surface area contributed by atoms with Crippen molar-refractivity contribution in [1.29, 1.82) is 0 Å². The Labute approximate surface area is 128 Å². The third-order valence-electron chi connectivity index (χ3n) is 3.63. The van der Waals surface area contributed by atoms with Crippen LogP contribution in [0.5, 0.6) is 0 Å². The molecule has 0 bridgehead atoms. The first-order valence-corrected chi connectivity index (χ1v) is 7.36. The van der Waals surface area contributed by atoms with Gasteiger partial charge >= 0.3 is 5.97 Å². The average Bonchev–Trinajstić information content (AvgIpc) is 2.87. The van der Waals surface area contributed by atoms with Crippen LogP contribution in [0.1, 0.15) is 54.4 Å². The van der Waals surface area contributed by atoms with Gasteiger partial charge in [0.2, 0.25) is 0 Å².